The van der Waals surface area contributed by atoms with Crippen molar-refractivity contribution < 1.29 is 14.3 Å². The first-order valence-corrected chi connectivity index (χ1v) is 9.64. The van der Waals surface area contributed by atoms with Gasteiger partial charge in [-0.15, -0.1) is 11.3 Å². The number of hydrogen-bond acceptors (Lipinski definition) is 4. The van der Waals surface area contributed by atoms with Crippen LogP contribution >= 0.6 is 11.3 Å². The Morgan fingerprint density at radius 2 is 1.89 bits per heavy atom. The minimum atomic E-state index is -0.176. The SMILES string of the molecule is CC(=O)CCc1ccc(-c2ccc3c(c2)C(=O)Nc2cc(C)ccc2O3)s1. The predicted octanol–water partition coefficient (Wildman–Crippen LogP) is 5.60. The molecule has 0 aliphatic carbocycles. The third-order valence-corrected chi connectivity index (χ3v) is 5.69. The smallest absolute Gasteiger partial charge is 0.259 e. The number of carbonyl (C=O) groups excluding carboxylic acids is 2. The Labute approximate surface area is 161 Å². The van der Waals surface area contributed by atoms with E-state index in [1.54, 1.807) is 18.3 Å². The van der Waals surface area contributed by atoms with Gasteiger partial charge in [-0.2, -0.15) is 0 Å². The van der Waals surface area contributed by atoms with E-state index in [4.69, 9.17) is 4.74 Å². The maximum atomic E-state index is 12.7. The lowest BCUT2D eigenvalue weighted by Gasteiger charge is -2.08. The fraction of sp³-hybridized carbons (Fsp3) is 0.182. The molecule has 0 unspecified atom stereocenters. The minimum Gasteiger partial charge on any atom is -0.454 e. The zero-order valence-corrected chi connectivity index (χ0v) is 16.0. The van der Waals surface area contributed by atoms with Crippen LogP contribution in [0.4, 0.5) is 5.69 Å². The van der Waals surface area contributed by atoms with Gasteiger partial charge in [0.15, 0.2) is 5.75 Å². The molecule has 1 amide bonds. The van der Waals surface area contributed by atoms with E-state index in [0.717, 1.165) is 22.4 Å². The van der Waals surface area contributed by atoms with Crippen molar-refractivity contribution in [3.8, 4) is 21.9 Å². The van der Waals surface area contributed by atoms with E-state index in [2.05, 4.69) is 5.32 Å². The highest BCUT2D eigenvalue weighted by molar-refractivity contribution is 7.15. The summed E-state index contributed by atoms with van der Waals surface area (Å²) in [5.41, 5.74) is 3.22. The summed E-state index contributed by atoms with van der Waals surface area (Å²) in [6.45, 7) is 3.59. The van der Waals surface area contributed by atoms with Crippen LogP contribution in [0.3, 0.4) is 0 Å². The number of Topliss-reactive ketones (excluding diaryl/α,β-unsaturated/α-hetero) is 1. The van der Waals surface area contributed by atoms with Crippen LogP contribution in [-0.2, 0) is 11.2 Å². The first kappa shape index (κ1) is 17.5. The van der Waals surface area contributed by atoms with Gasteiger partial charge in [-0.3, -0.25) is 4.79 Å². The zero-order chi connectivity index (χ0) is 19.0. The van der Waals surface area contributed by atoms with Crippen molar-refractivity contribution in [1.82, 2.24) is 0 Å². The number of fused-ring (bicyclic) bond motifs is 2. The molecule has 0 saturated carbocycles. The average Bonchev–Trinajstić information content (AvgIpc) is 3.06. The second-order valence-corrected chi connectivity index (χ2v) is 7.90. The van der Waals surface area contributed by atoms with Gasteiger partial charge in [0, 0.05) is 16.2 Å². The van der Waals surface area contributed by atoms with Crippen LogP contribution in [0.1, 0.15) is 34.1 Å². The number of ether oxygens (including phenoxy) is 1. The number of ketones is 1. The number of nitrogens with one attached hydrogen (secondary N) is 1. The molecular weight excluding hydrogens is 358 g/mol. The zero-order valence-electron chi connectivity index (χ0n) is 15.2. The molecular formula is C22H19NO3S. The van der Waals surface area contributed by atoms with Crippen molar-refractivity contribution in [3.05, 3.63) is 64.5 Å². The van der Waals surface area contributed by atoms with E-state index in [1.165, 1.54) is 4.88 Å². The first-order chi connectivity index (χ1) is 13.0. The summed E-state index contributed by atoms with van der Waals surface area (Å²) in [6, 6.07) is 15.5. The highest BCUT2D eigenvalue weighted by Crippen LogP contribution is 2.38. The molecule has 0 atom stereocenters. The summed E-state index contributed by atoms with van der Waals surface area (Å²) in [6.07, 6.45) is 1.31. The lowest BCUT2D eigenvalue weighted by molar-refractivity contribution is -0.116. The van der Waals surface area contributed by atoms with Crippen LogP contribution in [0.15, 0.2) is 48.5 Å². The number of rotatable bonds is 4. The fourth-order valence-electron chi connectivity index (χ4n) is 3.05. The second-order valence-electron chi connectivity index (χ2n) is 6.73. The summed E-state index contributed by atoms with van der Waals surface area (Å²) in [5.74, 6) is 1.21. The minimum absolute atomic E-state index is 0.176. The second kappa shape index (κ2) is 7.00. The molecule has 0 spiro atoms. The van der Waals surface area contributed by atoms with Gasteiger partial charge in [0.1, 0.15) is 11.5 Å². The third kappa shape index (κ3) is 3.64. The maximum Gasteiger partial charge on any atom is 0.259 e. The van der Waals surface area contributed by atoms with Crippen LogP contribution in [-0.4, -0.2) is 11.7 Å². The summed E-state index contributed by atoms with van der Waals surface area (Å²) >= 11 is 1.65. The number of thiophene rings is 1. The van der Waals surface area contributed by atoms with Crippen LogP contribution in [0.2, 0.25) is 0 Å². The van der Waals surface area contributed by atoms with Gasteiger partial charge in [-0.25, -0.2) is 0 Å². The topological polar surface area (TPSA) is 55.4 Å². The van der Waals surface area contributed by atoms with Crippen molar-refractivity contribution in [1.29, 1.82) is 0 Å². The molecule has 0 saturated heterocycles. The van der Waals surface area contributed by atoms with Gasteiger partial charge in [0.05, 0.1) is 11.3 Å². The summed E-state index contributed by atoms with van der Waals surface area (Å²) < 4.78 is 5.97. The molecule has 1 N–H and O–H groups in total. The lowest BCUT2D eigenvalue weighted by atomic mass is 10.1. The molecule has 1 aromatic heterocycles. The summed E-state index contributed by atoms with van der Waals surface area (Å²) in [5, 5.41) is 2.94. The van der Waals surface area contributed by atoms with Crippen LogP contribution in [0.25, 0.3) is 10.4 Å². The van der Waals surface area contributed by atoms with Crippen LogP contribution in [0, 0.1) is 6.92 Å². The highest BCUT2D eigenvalue weighted by atomic mass is 32.1. The number of aryl methyl sites for hydroxylation is 2. The van der Waals surface area contributed by atoms with E-state index in [-0.39, 0.29) is 11.7 Å². The fourth-order valence-corrected chi connectivity index (χ4v) is 4.06. The molecule has 0 bridgehead atoms. The van der Waals surface area contributed by atoms with Crippen molar-refractivity contribution >= 4 is 28.7 Å². The molecule has 2 heterocycles. The first-order valence-electron chi connectivity index (χ1n) is 8.82. The summed E-state index contributed by atoms with van der Waals surface area (Å²) in [4.78, 5) is 26.1. The molecule has 1 aliphatic rings. The Morgan fingerprint density at radius 1 is 1.07 bits per heavy atom. The normalized spacial score (nSPS) is 12.4. The Hall–Kier alpha value is -2.92. The van der Waals surface area contributed by atoms with Crippen molar-refractivity contribution in [2.75, 3.05) is 5.32 Å². The van der Waals surface area contributed by atoms with E-state index < -0.39 is 0 Å². The van der Waals surface area contributed by atoms with Gasteiger partial charge in [-0.05, 0) is 73.9 Å². The predicted molar refractivity (Wildman–Crippen MR) is 108 cm³/mol. The van der Waals surface area contributed by atoms with E-state index >= 15 is 0 Å². The highest BCUT2D eigenvalue weighted by Gasteiger charge is 2.21. The van der Waals surface area contributed by atoms with Gasteiger partial charge in [0.25, 0.3) is 5.91 Å². The van der Waals surface area contributed by atoms with Crippen LogP contribution in [0.5, 0.6) is 11.5 Å². The number of carbonyl (C=O) groups is 2. The molecule has 4 nitrogen and oxygen atoms in total. The van der Waals surface area contributed by atoms with E-state index in [0.29, 0.717) is 29.2 Å². The van der Waals surface area contributed by atoms with Gasteiger partial charge < -0.3 is 14.8 Å². The Kier molecular flexibility index (Phi) is 4.54. The largest absolute Gasteiger partial charge is 0.454 e. The van der Waals surface area contributed by atoms with E-state index in [9.17, 15) is 9.59 Å². The van der Waals surface area contributed by atoms with Crippen molar-refractivity contribution in [2.45, 2.75) is 26.7 Å². The molecule has 27 heavy (non-hydrogen) atoms. The molecule has 0 fully saturated rings. The molecule has 136 valence electrons. The molecule has 2 aromatic carbocycles. The standard InChI is InChI=1S/C22H19NO3S/c1-13-3-8-20-18(11-13)23-22(25)17-12-15(5-9-19(17)26-20)21-10-7-16(27-21)6-4-14(2)24/h3,5,7-12H,4,6H2,1-2H3,(H,23,25). The van der Waals surface area contributed by atoms with Crippen molar-refractivity contribution in [3.63, 3.8) is 0 Å². The molecule has 3 aromatic rings. The lowest BCUT2D eigenvalue weighted by Crippen LogP contribution is -2.10. The Morgan fingerprint density at radius 3 is 2.70 bits per heavy atom. The third-order valence-electron chi connectivity index (χ3n) is 4.50. The molecule has 0 radical (unpaired) electrons. The number of benzene rings is 2. The van der Waals surface area contributed by atoms with E-state index in [1.807, 2.05) is 55.5 Å². The Bertz CT molecular complexity index is 1050. The molecule has 4 rings (SSSR count). The number of amides is 1. The number of anilines is 1. The Balaban J connectivity index is 1.65. The van der Waals surface area contributed by atoms with Gasteiger partial charge >= 0.3 is 0 Å². The summed E-state index contributed by atoms with van der Waals surface area (Å²) in [7, 11) is 0. The average molecular weight is 377 g/mol. The molecule has 1 aliphatic heterocycles. The number of hydrogen-bond donors (Lipinski definition) is 1. The van der Waals surface area contributed by atoms with Crippen LogP contribution < -0.4 is 10.1 Å². The van der Waals surface area contributed by atoms with Gasteiger partial charge in [-0.1, -0.05) is 6.07 Å². The van der Waals surface area contributed by atoms with Crippen molar-refractivity contribution in [2.24, 2.45) is 0 Å². The quantitative estimate of drug-likeness (QED) is 0.643. The molecule has 5 heteroatoms. The maximum absolute atomic E-state index is 12.7. The van der Waals surface area contributed by atoms with Gasteiger partial charge in [0.2, 0.25) is 0 Å². The monoisotopic (exact) mass is 377 g/mol.